The van der Waals surface area contributed by atoms with Gasteiger partial charge in [0.1, 0.15) is 12.3 Å². The first-order valence-corrected chi connectivity index (χ1v) is 6.00. The number of hydrogen-bond donors (Lipinski definition) is 2. The molecule has 0 fully saturated rings. The largest absolute Gasteiger partial charge is 0.508 e. The molecule has 1 rings (SSSR count). The summed E-state index contributed by atoms with van der Waals surface area (Å²) in [6.07, 6.45) is 3.63. The van der Waals surface area contributed by atoms with E-state index in [9.17, 15) is 9.59 Å². The van der Waals surface area contributed by atoms with Crippen LogP contribution in [0.5, 0.6) is 5.75 Å². The molecule has 5 heteroatoms. The van der Waals surface area contributed by atoms with E-state index in [1.807, 2.05) is 6.92 Å². The summed E-state index contributed by atoms with van der Waals surface area (Å²) in [7, 11) is 0. The molecular formula is C14H17NO4. The zero-order valence-corrected chi connectivity index (χ0v) is 10.7. The minimum atomic E-state index is -1.03. The summed E-state index contributed by atoms with van der Waals surface area (Å²) in [5, 5.41) is 17.9. The molecule has 0 aliphatic carbocycles. The molecule has 0 heterocycles. The number of aromatic hydroxyl groups is 1. The minimum Gasteiger partial charge on any atom is -0.508 e. The van der Waals surface area contributed by atoms with Crippen molar-refractivity contribution >= 4 is 18.0 Å². The Bertz CT molecular complexity index is 465. The number of phenolic OH excluding ortho intramolecular Hbond substituents is 1. The molecule has 102 valence electrons. The molecule has 0 saturated heterocycles. The molecular weight excluding hydrogens is 246 g/mol. The lowest BCUT2D eigenvalue weighted by atomic mass is 10.2. The van der Waals surface area contributed by atoms with Gasteiger partial charge in [-0.05, 0) is 30.2 Å². The summed E-state index contributed by atoms with van der Waals surface area (Å²) in [6, 6.07) is 6.37. The van der Waals surface area contributed by atoms with Crippen molar-refractivity contribution in [1.29, 1.82) is 0 Å². The number of aliphatic carboxylic acids is 1. The van der Waals surface area contributed by atoms with E-state index in [1.165, 1.54) is 23.1 Å². The van der Waals surface area contributed by atoms with Gasteiger partial charge in [0.2, 0.25) is 5.91 Å². The van der Waals surface area contributed by atoms with Crippen molar-refractivity contribution in [2.75, 3.05) is 13.1 Å². The van der Waals surface area contributed by atoms with Gasteiger partial charge in [0, 0.05) is 12.6 Å². The van der Waals surface area contributed by atoms with Crippen LogP contribution in [0.1, 0.15) is 18.9 Å². The second-order valence-corrected chi connectivity index (χ2v) is 4.08. The molecule has 0 radical (unpaired) electrons. The van der Waals surface area contributed by atoms with Crippen molar-refractivity contribution in [2.24, 2.45) is 0 Å². The number of carbonyl (C=O) groups is 2. The van der Waals surface area contributed by atoms with Gasteiger partial charge in [-0.1, -0.05) is 19.1 Å². The maximum Gasteiger partial charge on any atom is 0.323 e. The summed E-state index contributed by atoms with van der Waals surface area (Å²) in [5.41, 5.74) is 0.762. The fraction of sp³-hybridized carbons (Fsp3) is 0.286. The van der Waals surface area contributed by atoms with Crippen LogP contribution in [0.4, 0.5) is 0 Å². The monoisotopic (exact) mass is 263 g/mol. The summed E-state index contributed by atoms with van der Waals surface area (Å²) in [5.74, 6) is -1.21. The molecule has 0 bridgehead atoms. The van der Waals surface area contributed by atoms with Gasteiger partial charge >= 0.3 is 5.97 Å². The van der Waals surface area contributed by atoms with Crippen molar-refractivity contribution < 1.29 is 19.8 Å². The second kappa shape index (κ2) is 7.20. The predicted molar refractivity (Wildman–Crippen MR) is 71.6 cm³/mol. The first kappa shape index (κ1) is 14.8. The Morgan fingerprint density at radius 2 is 1.89 bits per heavy atom. The summed E-state index contributed by atoms with van der Waals surface area (Å²) < 4.78 is 0. The fourth-order valence-corrected chi connectivity index (χ4v) is 1.56. The lowest BCUT2D eigenvalue weighted by Gasteiger charge is -2.17. The average Bonchev–Trinajstić information content (AvgIpc) is 2.37. The highest BCUT2D eigenvalue weighted by Gasteiger charge is 2.12. The normalized spacial score (nSPS) is 10.6. The van der Waals surface area contributed by atoms with E-state index in [4.69, 9.17) is 10.2 Å². The molecule has 0 aromatic heterocycles. The van der Waals surface area contributed by atoms with Gasteiger partial charge < -0.3 is 15.1 Å². The van der Waals surface area contributed by atoms with Gasteiger partial charge in [0.25, 0.3) is 0 Å². The van der Waals surface area contributed by atoms with Crippen LogP contribution < -0.4 is 0 Å². The zero-order chi connectivity index (χ0) is 14.3. The van der Waals surface area contributed by atoms with E-state index in [-0.39, 0.29) is 18.2 Å². The Balaban J connectivity index is 2.69. The highest BCUT2D eigenvalue weighted by atomic mass is 16.4. The number of rotatable bonds is 6. The third-order valence-corrected chi connectivity index (χ3v) is 2.44. The van der Waals surface area contributed by atoms with Crippen molar-refractivity contribution in [1.82, 2.24) is 4.90 Å². The van der Waals surface area contributed by atoms with Gasteiger partial charge in [-0.25, -0.2) is 0 Å². The van der Waals surface area contributed by atoms with E-state index < -0.39 is 5.97 Å². The standard InChI is InChI=1S/C14H17NO4/c1-2-9-15(10-14(18)19)13(17)8-5-11-3-6-12(16)7-4-11/h3-8,16H,2,9-10H2,1H3,(H,18,19)/b8-5+. The number of carbonyl (C=O) groups excluding carboxylic acids is 1. The van der Waals surface area contributed by atoms with Crippen LogP contribution in [0.15, 0.2) is 30.3 Å². The number of nitrogens with zero attached hydrogens (tertiary/aromatic N) is 1. The van der Waals surface area contributed by atoms with E-state index in [0.717, 1.165) is 5.56 Å². The lowest BCUT2D eigenvalue weighted by Crippen LogP contribution is -2.35. The van der Waals surface area contributed by atoms with Crippen LogP contribution in [-0.2, 0) is 9.59 Å². The van der Waals surface area contributed by atoms with Crippen LogP contribution in [0.3, 0.4) is 0 Å². The molecule has 0 atom stereocenters. The van der Waals surface area contributed by atoms with Gasteiger partial charge in [-0.2, -0.15) is 0 Å². The third-order valence-electron chi connectivity index (χ3n) is 2.44. The van der Waals surface area contributed by atoms with E-state index in [0.29, 0.717) is 13.0 Å². The Labute approximate surface area is 111 Å². The smallest absolute Gasteiger partial charge is 0.323 e. The average molecular weight is 263 g/mol. The molecule has 0 aliphatic rings. The number of phenols is 1. The molecule has 2 N–H and O–H groups in total. The highest BCUT2D eigenvalue weighted by Crippen LogP contribution is 2.11. The molecule has 1 amide bonds. The topological polar surface area (TPSA) is 77.8 Å². The number of hydrogen-bond acceptors (Lipinski definition) is 3. The molecule has 1 aromatic carbocycles. The Hall–Kier alpha value is -2.30. The van der Waals surface area contributed by atoms with Gasteiger partial charge in [-0.15, -0.1) is 0 Å². The number of carboxylic acid groups (broad SMARTS) is 1. The summed E-state index contributed by atoms with van der Waals surface area (Å²) in [6.45, 7) is 1.99. The first-order chi connectivity index (χ1) is 9.02. The van der Waals surface area contributed by atoms with Crippen molar-refractivity contribution in [3.8, 4) is 5.75 Å². The fourth-order valence-electron chi connectivity index (χ4n) is 1.56. The number of carboxylic acids is 1. The molecule has 19 heavy (non-hydrogen) atoms. The second-order valence-electron chi connectivity index (χ2n) is 4.08. The molecule has 1 aromatic rings. The van der Waals surface area contributed by atoms with Crippen molar-refractivity contribution in [3.63, 3.8) is 0 Å². The molecule has 0 spiro atoms. The quantitative estimate of drug-likeness (QED) is 0.766. The van der Waals surface area contributed by atoms with E-state index in [2.05, 4.69) is 0 Å². The third kappa shape index (κ3) is 5.25. The Morgan fingerprint density at radius 1 is 1.26 bits per heavy atom. The van der Waals surface area contributed by atoms with Crippen LogP contribution >= 0.6 is 0 Å². The lowest BCUT2D eigenvalue weighted by molar-refractivity contribution is -0.142. The Kier molecular flexibility index (Phi) is 5.60. The minimum absolute atomic E-state index is 0.155. The van der Waals surface area contributed by atoms with Crippen LogP contribution in [0, 0.1) is 0 Å². The van der Waals surface area contributed by atoms with Gasteiger partial charge in [-0.3, -0.25) is 9.59 Å². The van der Waals surface area contributed by atoms with E-state index >= 15 is 0 Å². The maximum atomic E-state index is 11.8. The SMILES string of the molecule is CCCN(CC(=O)O)C(=O)/C=C/c1ccc(O)cc1. The van der Waals surface area contributed by atoms with Gasteiger partial charge in [0.15, 0.2) is 0 Å². The Morgan fingerprint density at radius 3 is 2.42 bits per heavy atom. The van der Waals surface area contributed by atoms with Crippen molar-refractivity contribution in [3.05, 3.63) is 35.9 Å². The summed E-state index contributed by atoms with van der Waals surface area (Å²) in [4.78, 5) is 23.8. The zero-order valence-electron chi connectivity index (χ0n) is 10.7. The molecule has 5 nitrogen and oxygen atoms in total. The first-order valence-electron chi connectivity index (χ1n) is 6.00. The van der Waals surface area contributed by atoms with Crippen molar-refractivity contribution in [2.45, 2.75) is 13.3 Å². The predicted octanol–water partition coefficient (Wildman–Crippen LogP) is 1.73. The van der Waals surface area contributed by atoms with Gasteiger partial charge in [0.05, 0.1) is 0 Å². The molecule has 0 aliphatic heterocycles. The number of benzene rings is 1. The maximum absolute atomic E-state index is 11.8. The van der Waals surface area contributed by atoms with Crippen LogP contribution in [-0.4, -0.2) is 40.1 Å². The van der Waals surface area contributed by atoms with E-state index in [1.54, 1.807) is 18.2 Å². The summed E-state index contributed by atoms with van der Waals surface area (Å²) >= 11 is 0. The molecule has 0 saturated carbocycles. The number of amides is 1. The molecule has 0 unspecified atom stereocenters. The highest BCUT2D eigenvalue weighted by molar-refractivity contribution is 5.93. The van der Waals surface area contributed by atoms with Crippen LogP contribution in [0.2, 0.25) is 0 Å². The van der Waals surface area contributed by atoms with Crippen LogP contribution in [0.25, 0.3) is 6.08 Å².